The van der Waals surface area contributed by atoms with Gasteiger partial charge in [-0.3, -0.25) is 9.78 Å². The maximum atomic E-state index is 12.4. The number of hydrogen-bond acceptors (Lipinski definition) is 4. The van der Waals surface area contributed by atoms with Gasteiger partial charge < -0.3 is 15.5 Å². The summed E-state index contributed by atoms with van der Waals surface area (Å²) in [6.45, 7) is 7.19. The highest BCUT2D eigenvalue weighted by Gasteiger charge is 2.17. The number of anilines is 1. The first-order valence-corrected chi connectivity index (χ1v) is 7.77. The highest BCUT2D eigenvalue weighted by Crippen LogP contribution is 2.15. The molecule has 1 amide bonds. The molecule has 1 aliphatic rings. The normalized spacial score (nSPS) is 17.3. The summed E-state index contributed by atoms with van der Waals surface area (Å²) in [4.78, 5) is 19.0. The van der Waals surface area contributed by atoms with Crippen LogP contribution in [0.3, 0.4) is 0 Å². The molecule has 2 rings (SSSR count). The third-order valence-corrected chi connectivity index (χ3v) is 3.91. The van der Waals surface area contributed by atoms with Crippen LogP contribution in [-0.2, 0) is 0 Å². The second-order valence-corrected chi connectivity index (χ2v) is 5.86. The molecule has 1 aromatic rings. The largest absolute Gasteiger partial charge is 0.387 e. The predicted octanol–water partition coefficient (Wildman–Crippen LogP) is 2.04. The fraction of sp³-hybridized carbons (Fsp3) is 0.625. The number of carbonyl (C=O) groups excluding carboxylic acids is 1. The number of nitrogens with one attached hydrogen (secondary N) is 2. The predicted molar refractivity (Wildman–Crippen MR) is 85.7 cm³/mol. The van der Waals surface area contributed by atoms with Crippen molar-refractivity contribution in [2.75, 3.05) is 32.0 Å². The van der Waals surface area contributed by atoms with E-state index in [0.29, 0.717) is 5.56 Å². The molecule has 0 aliphatic carbocycles. The highest BCUT2D eigenvalue weighted by atomic mass is 16.1. The molecule has 1 aliphatic heterocycles. The Bertz CT molecular complexity index is 483. The van der Waals surface area contributed by atoms with E-state index in [4.69, 9.17) is 0 Å². The smallest absolute Gasteiger partial charge is 0.255 e. The zero-order valence-electron chi connectivity index (χ0n) is 13.3. The Morgan fingerprint density at radius 3 is 2.76 bits per heavy atom. The highest BCUT2D eigenvalue weighted by molar-refractivity contribution is 5.99. The van der Waals surface area contributed by atoms with Gasteiger partial charge >= 0.3 is 0 Å². The van der Waals surface area contributed by atoms with Gasteiger partial charge in [-0.1, -0.05) is 6.42 Å². The van der Waals surface area contributed by atoms with Crippen LogP contribution in [0.2, 0.25) is 0 Å². The van der Waals surface area contributed by atoms with Gasteiger partial charge in [0.15, 0.2) is 0 Å². The summed E-state index contributed by atoms with van der Waals surface area (Å²) in [5, 5.41) is 6.14. The van der Waals surface area contributed by atoms with Crippen molar-refractivity contribution in [3.63, 3.8) is 0 Å². The van der Waals surface area contributed by atoms with Gasteiger partial charge in [-0.2, -0.15) is 0 Å². The van der Waals surface area contributed by atoms with Crippen LogP contribution in [0.25, 0.3) is 0 Å². The van der Waals surface area contributed by atoms with E-state index in [9.17, 15) is 4.79 Å². The summed E-state index contributed by atoms with van der Waals surface area (Å²) in [6.07, 6.45) is 5.51. The minimum absolute atomic E-state index is 0.0589. The van der Waals surface area contributed by atoms with Gasteiger partial charge in [0.05, 0.1) is 11.3 Å². The average Bonchev–Trinajstić information content (AvgIpc) is 2.47. The first-order chi connectivity index (χ1) is 10.1. The van der Waals surface area contributed by atoms with Crippen LogP contribution in [0, 0.1) is 6.92 Å². The zero-order chi connectivity index (χ0) is 15.2. The maximum absolute atomic E-state index is 12.4. The zero-order valence-corrected chi connectivity index (χ0v) is 13.3. The van der Waals surface area contributed by atoms with Crippen molar-refractivity contribution in [1.29, 1.82) is 0 Å². The van der Waals surface area contributed by atoms with Crippen molar-refractivity contribution >= 4 is 11.6 Å². The Labute approximate surface area is 127 Å². The van der Waals surface area contributed by atoms with E-state index in [2.05, 4.69) is 27.4 Å². The minimum Gasteiger partial charge on any atom is -0.387 e. The van der Waals surface area contributed by atoms with Gasteiger partial charge in [-0.25, -0.2) is 0 Å². The number of nitrogens with zero attached hydrogens (tertiary/aromatic N) is 2. The lowest BCUT2D eigenvalue weighted by Gasteiger charge is -2.29. The van der Waals surface area contributed by atoms with E-state index in [1.807, 2.05) is 20.0 Å². The van der Waals surface area contributed by atoms with Crippen LogP contribution in [0.4, 0.5) is 5.69 Å². The molecule has 5 nitrogen and oxygen atoms in total. The maximum Gasteiger partial charge on any atom is 0.255 e. The number of aryl methyl sites for hydroxylation is 1. The molecule has 1 saturated heterocycles. The lowest BCUT2D eigenvalue weighted by atomic mass is 10.1. The van der Waals surface area contributed by atoms with Gasteiger partial charge in [0.25, 0.3) is 5.91 Å². The van der Waals surface area contributed by atoms with Crippen LogP contribution >= 0.6 is 0 Å². The van der Waals surface area contributed by atoms with Crippen LogP contribution in [0.5, 0.6) is 0 Å². The molecule has 0 aromatic carbocycles. The molecule has 0 radical (unpaired) electrons. The van der Waals surface area contributed by atoms with Crippen LogP contribution in [0.1, 0.15) is 42.2 Å². The van der Waals surface area contributed by atoms with Crippen molar-refractivity contribution in [3.05, 3.63) is 23.5 Å². The molecule has 1 unspecified atom stereocenters. The second-order valence-electron chi connectivity index (χ2n) is 5.86. The molecule has 5 heteroatoms. The summed E-state index contributed by atoms with van der Waals surface area (Å²) in [6, 6.07) is 2.03. The fourth-order valence-electron chi connectivity index (χ4n) is 2.82. The van der Waals surface area contributed by atoms with Gasteiger partial charge in [0.2, 0.25) is 0 Å². The topological polar surface area (TPSA) is 57.3 Å². The summed E-state index contributed by atoms with van der Waals surface area (Å²) in [5.74, 6) is -0.0589. The molecule has 21 heavy (non-hydrogen) atoms. The number of carbonyl (C=O) groups is 1. The van der Waals surface area contributed by atoms with Crippen molar-refractivity contribution in [1.82, 2.24) is 15.2 Å². The monoisotopic (exact) mass is 290 g/mol. The Morgan fingerprint density at radius 1 is 1.38 bits per heavy atom. The van der Waals surface area contributed by atoms with E-state index in [0.717, 1.165) is 31.0 Å². The van der Waals surface area contributed by atoms with E-state index >= 15 is 0 Å². The standard InChI is InChI=1S/C16H26N4O/c1-12-9-15(17-3)14(10-18-12)16(21)19-13(2)11-20-7-5-4-6-8-20/h9-10,13H,4-8,11H2,1-3H3,(H,17,18)(H,19,21). The Morgan fingerprint density at radius 2 is 2.10 bits per heavy atom. The lowest BCUT2D eigenvalue weighted by molar-refractivity contribution is 0.0926. The minimum atomic E-state index is -0.0589. The molecule has 1 fully saturated rings. The molecule has 2 heterocycles. The van der Waals surface area contributed by atoms with Crippen LogP contribution in [0.15, 0.2) is 12.3 Å². The van der Waals surface area contributed by atoms with E-state index in [-0.39, 0.29) is 11.9 Å². The summed E-state index contributed by atoms with van der Waals surface area (Å²) in [7, 11) is 1.82. The number of aromatic nitrogens is 1. The first kappa shape index (κ1) is 15.8. The Kier molecular flexibility index (Phi) is 5.56. The summed E-state index contributed by atoms with van der Waals surface area (Å²) < 4.78 is 0. The van der Waals surface area contributed by atoms with Crippen LogP contribution < -0.4 is 10.6 Å². The van der Waals surface area contributed by atoms with Crippen LogP contribution in [-0.4, -0.2) is 48.5 Å². The molecule has 1 aromatic heterocycles. The number of amides is 1. The van der Waals surface area contributed by atoms with Crippen molar-refractivity contribution < 1.29 is 4.79 Å². The number of rotatable bonds is 5. The Hall–Kier alpha value is -1.62. The number of hydrogen-bond donors (Lipinski definition) is 2. The molecule has 116 valence electrons. The summed E-state index contributed by atoms with van der Waals surface area (Å²) in [5.41, 5.74) is 2.33. The third kappa shape index (κ3) is 4.43. The van der Waals surface area contributed by atoms with Gasteiger partial charge in [-0.15, -0.1) is 0 Å². The van der Waals surface area contributed by atoms with E-state index in [1.54, 1.807) is 6.20 Å². The average molecular weight is 290 g/mol. The molecule has 2 N–H and O–H groups in total. The molecule has 0 saturated carbocycles. The van der Waals surface area contributed by atoms with Gasteiger partial charge in [0.1, 0.15) is 0 Å². The number of pyridine rings is 1. The van der Waals surface area contributed by atoms with Gasteiger partial charge in [0, 0.05) is 31.5 Å². The van der Waals surface area contributed by atoms with Crippen molar-refractivity contribution in [2.45, 2.75) is 39.2 Å². The Balaban J connectivity index is 1.94. The van der Waals surface area contributed by atoms with E-state index in [1.165, 1.54) is 19.3 Å². The molecule has 0 spiro atoms. The SMILES string of the molecule is CNc1cc(C)ncc1C(=O)NC(C)CN1CCCCC1. The molecular formula is C16H26N4O. The van der Waals surface area contributed by atoms with Gasteiger partial charge in [-0.05, 0) is 45.8 Å². The molecule has 0 bridgehead atoms. The number of likely N-dealkylation sites (tertiary alicyclic amines) is 1. The lowest BCUT2D eigenvalue weighted by Crippen LogP contribution is -2.43. The molecular weight excluding hydrogens is 264 g/mol. The van der Waals surface area contributed by atoms with E-state index < -0.39 is 0 Å². The van der Waals surface area contributed by atoms with Crippen molar-refractivity contribution in [2.24, 2.45) is 0 Å². The first-order valence-electron chi connectivity index (χ1n) is 7.77. The third-order valence-electron chi connectivity index (χ3n) is 3.91. The fourth-order valence-corrected chi connectivity index (χ4v) is 2.82. The molecule has 1 atom stereocenters. The second kappa shape index (κ2) is 7.41. The quantitative estimate of drug-likeness (QED) is 0.871. The summed E-state index contributed by atoms with van der Waals surface area (Å²) >= 11 is 0. The van der Waals surface area contributed by atoms with Crippen molar-refractivity contribution in [3.8, 4) is 0 Å². The number of piperidine rings is 1.